The average molecular weight is 327 g/mol. The van der Waals surface area contributed by atoms with E-state index in [1.807, 2.05) is 18.2 Å². The molecule has 3 rings (SSSR count). The lowest BCUT2D eigenvalue weighted by Crippen LogP contribution is -2.01. The lowest BCUT2D eigenvalue weighted by atomic mass is 10.1. The van der Waals surface area contributed by atoms with Crippen LogP contribution in [0.25, 0.3) is 10.8 Å². The fourth-order valence-electron chi connectivity index (χ4n) is 2.32. The molecule has 0 aliphatic heterocycles. The van der Waals surface area contributed by atoms with Gasteiger partial charge in [-0.25, -0.2) is 0 Å². The van der Waals surface area contributed by atoms with Crippen LogP contribution in [-0.2, 0) is 6.54 Å². The Morgan fingerprint density at radius 3 is 2.35 bits per heavy atom. The first-order valence-corrected chi connectivity index (χ1v) is 7.29. The highest BCUT2D eigenvalue weighted by molar-refractivity contribution is 9.10. The Bertz CT molecular complexity index is 730. The quantitative estimate of drug-likeness (QED) is 0.678. The molecular formula is C17H15BrN2. The van der Waals surface area contributed by atoms with Crippen molar-refractivity contribution in [3.8, 4) is 0 Å². The van der Waals surface area contributed by atoms with Crippen molar-refractivity contribution >= 4 is 38.1 Å². The van der Waals surface area contributed by atoms with E-state index in [1.165, 1.54) is 5.56 Å². The topological polar surface area (TPSA) is 38.0 Å². The van der Waals surface area contributed by atoms with Crippen molar-refractivity contribution in [1.29, 1.82) is 0 Å². The maximum absolute atomic E-state index is 6.10. The van der Waals surface area contributed by atoms with Gasteiger partial charge in [0.2, 0.25) is 0 Å². The Morgan fingerprint density at radius 1 is 0.900 bits per heavy atom. The Labute approximate surface area is 126 Å². The summed E-state index contributed by atoms with van der Waals surface area (Å²) in [5, 5.41) is 5.72. The molecule has 0 saturated carbocycles. The summed E-state index contributed by atoms with van der Waals surface area (Å²) in [6.45, 7) is 0.778. The minimum atomic E-state index is 0.778. The summed E-state index contributed by atoms with van der Waals surface area (Å²) >= 11 is 3.45. The molecule has 0 unspecified atom stereocenters. The van der Waals surface area contributed by atoms with E-state index in [0.29, 0.717) is 0 Å². The molecule has 100 valence electrons. The second-order valence-electron chi connectivity index (χ2n) is 4.73. The van der Waals surface area contributed by atoms with Crippen LogP contribution in [0.4, 0.5) is 11.4 Å². The number of halogens is 1. The van der Waals surface area contributed by atoms with Crippen molar-refractivity contribution in [3.05, 3.63) is 70.7 Å². The van der Waals surface area contributed by atoms with E-state index in [4.69, 9.17) is 5.73 Å². The molecule has 0 atom stereocenters. The smallest absolute Gasteiger partial charge is 0.0443 e. The maximum atomic E-state index is 6.10. The standard InChI is InChI=1S/C17H15BrN2/c18-14-9-7-12(8-10-14)11-20-16-6-2-4-13-3-1-5-15(19)17(13)16/h1-10,20H,11,19H2. The minimum absolute atomic E-state index is 0.778. The molecule has 3 heteroatoms. The van der Waals surface area contributed by atoms with Gasteiger partial charge in [-0.2, -0.15) is 0 Å². The van der Waals surface area contributed by atoms with E-state index in [-0.39, 0.29) is 0 Å². The molecule has 0 heterocycles. The number of nitrogen functional groups attached to an aromatic ring is 1. The Morgan fingerprint density at radius 2 is 1.60 bits per heavy atom. The van der Waals surface area contributed by atoms with E-state index in [9.17, 15) is 0 Å². The van der Waals surface area contributed by atoms with Crippen LogP contribution in [0.1, 0.15) is 5.56 Å². The molecule has 0 spiro atoms. The predicted molar refractivity (Wildman–Crippen MR) is 89.8 cm³/mol. The zero-order valence-electron chi connectivity index (χ0n) is 10.9. The number of rotatable bonds is 3. The third kappa shape index (κ3) is 2.63. The van der Waals surface area contributed by atoms with Gasteiger partial charge in [0, 0.05) is 27.8 Å². The Hall–Kier alpha value is -2.00. The van der Waals surface area contributed by atoms with Crippen molar-refractivity contribution in [2.24, 2.45) is 0 Å². The third-order valence-electron chi connectivity index (χ3n) is 3.33. The van der Waals surface area contributed by atoms with Gasteiger partial charge in [-0.15, -0.1) is 0 Å². The summed E-state index contributed by atoms with van der Waals surface area (Å²) in [7, 11) is 0. The molecule has 3 aromatic rings. The molecule has 0 aliphatic carbocycles. The van der Waals surface area contributed by atoms with Gasteiger partial charge < -0.3 is 11.1 Å². The average Bonchev–Trinajstić information content (AvgIpc) is 2.47. The highest BCUT2D eigenvalue weighted by Gasteiger charge is 2.03. The highest BCUT2D eigenvalue weighted by Crippen LogP contribution is 2.29. The monoisotopic (exact) mass is 326 g/mol. The molecular weight excluding hydrogens is 312 g/mol. The van der Waals surface area contributed by atoms with E-state index >= 15 is 0 Å². The SMILES string of the molecule is Nc1cccc2cccc(NCc3ccc(Br)cc3)c12. The summed E-state index contributed by atoms with van der Waals surface area (Å²) < 4.78 is 1.09. The third-order valence-corrected chi connectivity index (χ3v) is 3.86. The fraction of sp³-hybridized carbons (Fsp3) is 0.0588. The van der Waals surface area contributed by atoms with Gasteiger partial charge in [0.25, 0.3) is 0 Å². The molecule has 0 bridgehead atoms. The number of anilines is 2. The van der Waals surface area contributed by atoms with Crippen molar-refractivity contribution in [3.63, 3.8) is 0 Å². The van der Waals surface area contributed by atoms with Crippen LogP contribution in [0.3, 0.4) is 0 Å². The number of nitrogens with one attached hydrogen (secondary N) is 1. The number of hydrogen-bond donors (Lipinski definition) is 2. The first kappa shape index (κ1) is 13.0. The molecule has 0 fully saturated rings. The van der Waals surface area contributed by atoms with Crippen molar-refractivity contribution in [2.75, 3.05) is 11.1 Å². The van der Waals surface area contributed by atoms with Gasteiger partial charge in [0.15, 0.2) is 0 Å². The zero-order valence-corrected chi connectivity index (χ0v) is 12.5. The van der Waals surface area contributed by atoms with Gasteiger partial charge in [-0.1, -0.05) is 52.3 Å². The first-order valence-electron chi connectivity index (χ1n) is 6.49. The van der Waals surface area contributed by atoms with Crippen molar-refractivity contribution in [1.82, 2.24) is 0 Å². The first-order chi connectivity index (χ1) is 9.74. The molecule has 0 radical (unpaired) electrons. The summed E-state index contributed by atoms with van der Waals surface area (Å²) in [4.78, 5) is 0. The number of hydrogen-bond acceptors (Lipinski definition) is 2. The minimum Gasteiger partial charge on any atom is -0.398 e. The van der Waals surface area contributed by atoms with E-state index in [2.05, 4.69) is 63.7 Å². The van der Waals surface area contributed by atoms with E-state index in [1.54, 1.807) is 0 Å². The van der Waals surface area contributed by atoms with E-state index < -0.39 is 0 Å². The second-order valence-corrected chi connectivity index (χ2v) is 5.65. The van der Waals surface area contributed by atoms with Crippen LogP contribution >= 0.6 is 15.9 Å². The van der Waals surface area contributed by atoms with Crippen molar-refractivity contribution in [2.45, 2.75) is 6.54 Å². The van der Waals surface area contributed by atoms with Crippen LogP contribution in [0.5, 0.6) is 0 Å². The summed E-state index contributed by atoms with van der Waals surface area (Å²) in [6, 6.07) is 20.5. The van der Waals surface area contributed by atoms with Crippen LogP contribution in [0.2, 0.25) is 0 Å². The highest BCUT2D eigenvalue weighted by atomic mass is 79.9. The van der Waals surface area contributed by atoms with Gasteiger partial charge in [-0.05, 0) is 35.2 Å². The van der Waals surface area contributed by atoms with Crippen LogP contribution in [0, 0.1) is 0 Å². The molecule has 3 N–H and O–H groups in total. The lowest BCUT2D eigenvalue weighted by molar-refractivity contribution is 1.15. The molecule has 0 aromatic heterocycles. The molecule has 0 amide bonds. The lowest BCUT2D eigenvalue weighted by Gasteiger charge is -2.11. The maximum Gasteiger partial charge on any atom is 0.0443 e. The normalized spacial score (nSPS) is 10.7. The number of fused-ring (bicyclic) bond motifs is 1. The van der Waals surface area contributed by atoms with Crippen LogP contribution in [0.15, 0.2) is 65.1 Å². The molecule has 2 nitrogen and oxygen atoms in total. The molecule has 0 aliphatic rings. The molecule has 0 saturated heterocycles. The molecule has 3 aromatic carbocycles. The predicted octanol–water partition coefficient (Wildman–Crippen LogP) is 4.80. The number of benzene rings is 3. The zero-order chi connectivity index (χ0) is 13.9. The van der Waals surface area contributed by atoms with E-state index in [0.717, 1.165) is 33.2 Å². The Balaban J connectivity index is 1.89. The fourth-order valence-corrected chi connectivity index (χ4v) is 2.58. The second kappa shape index (κ2) is 5.55. The van der Waals surface area contributed by atoms with Gasteiger partial charge >= 0.3 is 0 Å². The van der Waals surface area contributed by atoms with Gasteiger partial charge in [0.1, 0.15) is 0 Å². The molecule has 20 heavy (non-hydrogen) atoms. The summed E-state index contributed by atoms with van der Waals surface area (Å²) in [5.41, 5.74) is 9.22. The van der Waals surface area contributed by atoms with Crippen molar-refractivity contribution < 1.29 is 0 Å². The van der Waals surface area contributed by atoms with Gasteiger partial charge in [-0.3, -0.25) is 0 Å². The summed E-state index contributed by atoms with van der Waals surface area (Å²) in [5.74, 6) is 0. The number of nitrogens with two attached hydrogens (primary N) is 1. The van der Waals surface area contributed by atoms with Gasteiger partial charge in [0.05, 0.1) is 0 Å². The van der Waals surface area contributed by atoms with Crippen LogP contribution < -0.4 is 11.1 Å². The van der Waals surface area contributed by atoms with Crippen LogP contribution in [-0.4, -0.2) is 0 Å². The largest absolute Gasteiger partial charge is 0.398 e. The Kier molecular flexibility index (Phi) is 3.61. The summed E-state index contributed by atoms with van der Waals surface area (Å²) in [6.07, 6.45) is 0.